The predicted octanol–water partition coefficient (Wildman–Crippen LogP) is 8.22. The summed E-state index contributed by atoms with van der Waals surface area (Å²) in [7, 11) is -3.01. The third-order valence-corrected chi connectivity index (χ3v) is 9.70. The molecule has 0 fully saturated rings. The van der Waals surface area contributed by atoms with E-state index in [1.165, 1.54) is 0 Å². The Morgan fingerprint density at radius 1 is 0.500 bits per heavy atom. The highest BCUT2D eigenvalue weighted by Crippen LogP contribution is 2.42. The van der Waals surface area contributed by atoms with Crippen molar-refractivity contribution in [3.05, 3.63) is 160 Å². The monoisotopic (exact) mass is 524 g/mol. The lowest BCUT2D eigenvalue weighted by atomic mass is 9.96. The number of hydrogen-bond donors (Lipinski definition) is 0. The Morgan fingerprint density at radius 2 is 0.889 bits per heavy atom. The van der Waals surface area contributed by atoms with Crippen LogP contribution in [0.3, 0.4) is 0 Å². The Bertz CT molecular complexity index is 1430. The van der Waals surface area contributed by atoms with Crippen LogP contribution in [-0.4, -0.2) is 0 Å². The SMILES string of the molecule is O=P(c1ccccc1)(c1ccccc1)c1ccc(C=C(c2ccc(Cl)cc2)c2ccc(Cl)cc2)cc1. The molecule has 5 rings (SSSR count). The van der Waals surface area contributed by atoms with Gasteiger partial charge in [-0.2, -0.15) is 0 Å². The number of halogens is 2. The van der Waals surface area contributed by atoms with Crippen molar-refractivity contribution in [2.24, 2.45) is 0 Å². The van der Waals surface area contributed by atoms with Crippen LogP contribution in [0.15, 0.2) is 133 Å². The Labute approximate surface area is 222 Å². The molecule has 0 amide bonds. The maximum Gasteiger partial charge on any atom is 0.171 e. The average molecular weight is 525 g/mol. The molecule has 0 bridgehead atoms. The van der Waals surface area contributed by atoms with E-state index in [4.69, 9.17) is 23.2 Å². The highest BCUT2D eigenvalue weighted by molar-refractivity contribution is 7.85. The first-order chi connectivity index (χ1) is 17.5. The fraction of sp³-hybridized carbons (Fsp3) is 0. The number of hydrogen-bond acceptors (Lipinski definition) is 1. The molecule has 0 aliphatic carbocycles. The summed E-state index contributed by atoms with van der Waals surface area (Å²) in [5.41, 5.74) is 4.15. The molecule has 0 aliphatic rings. The van der Waals surface area contributed by atoms with Crippen molar-refractivity contribution in [3.8, 4) is 0 Å². The fourth-order valence-electron chi connectivity index (χ4n) is 4.26. The molecular weight excluding hydrogens is 502 g/mol. The summed E-state index contributed by atoms with van der Waals surface area (Å²) in [6.07, 6.45) is 2.13. The maximum absolute atomic E-state index is 14.6. The second kappa shape index (κ2) is 10.7. The summed E-state index contributed by atoms with van der Waals surface area (Å²) in [6.45, 7) is 0. The van der Waals surface area contributed by atoms with Crippen molar-refractivity contribution < 1.29 is 4.57 Å². The van der Waals surface area contributed by atoms with E-state index in [0.29, 0.717) is 10.0 Å². The van der Waals surface area contributed by atoms with Crippen LogP contribution < -0.4 is 15.9 Å². The van der Waals surface area contributed by atoms with E-state index >= 15 is 0 Å². The minimum atomic E-state index is -3.01. The van der Waals surface area contributed by atoms with E-state index < -0.39 is 7.14 Å². The molecule has 0 saturated carbocycles. The molecule has 0 radical (unpaired) electrons. The van der Waals surface area contributed by atoms with E-state index in [1.807, 2.05) is 133 Å². The Morgan fingerprint density at radius 3 is 1.31 bits per heavy atom. The van der Waals surface area contributed by atoms with Gasteiger partial charge in [0, 0.05) is 26.0 Å². The highest BCUT2D eigenvalue weighted by Gasteiger charge is 2.29. The molecule has 5 aromatic carbocycles. The van der Waals surface area contributed by atoms with Crippen molar-refractivity contribution in [1.29, 1.82) is 0 Å². The van der Waals surface area contributed by atoms with Gasteiger partial charge in [0.15, 0.2) is 7.14 Å². The predicted molar refractivity (Wildman–Crippen MR) is 156 cm³/mol. The summed E-state index contributed by atoms with van der Waals surface area (Å²) in [4.78, 5) is 0. The standard InChI is InChI=1S/C32H23Cl2OP/c33-27-17-13-25(14-18-27)32(26-15-19-28(34)20-16-26)23-24-11-21-31(22-12-24)36(35,29-7-3-1-4-8-29)30-9-5-2-6-10-30/h1-23H. The van der Waals surface area contributed by atoms with Gasteiger partial charge in [-0.25, -0.2) is 0 Å². The summed E-state index contributed by atoms with van der Waals surface area (Å²) < 4.78 is 14.6. The highest BCUT2D eigenvalue weighted by atomic mass is 35.5. The third-order valence-electron chi connectivity index (χ3n) is 6.12. The molecule has 0 N–H and O–H groups in total. The summed E-state index contributed by atoms with van der Waals surface area (Å²) in [5.74, 6) is 0. The van der Waals surface area contributed by atoms with Crippen LogP contribution in [0, 0.1) is 0 Å². The first-order valence-corrected chi connectivity index (χ1v) is 14.1. The van der Waals surface area contributed by atoms with Crippen LogP contribution in [0.25, 0.3) is 11.6 Å². The number of rotatable bonds is 6. The molecule has 0 unspecified atom stereocenters. The van der Waals surface area contributed by atoms with Gasteiger partial charge in [0.2, 0.25) is 0 Å². The van der Waals surface area contributed by atoms with Gasteiger partial charge in [0.05, 0.1) is 0 Å². The van der Waals surface area contributed by atoms with E-state index in [0.717, 1.165) is 38.2 Å². The minimum Gasteiger partial charge on any atom is -0.309 e. The lowest BCUT2D eigenvalue weighted by molar-refractivity contribution is 0.592. The average Bonchev–Trinajstić information content (AvgIpc) is 2.94. The van der Waals surface area contributed by atoms with Gasteiger partial charge in [0.25, 0.3) is 0 Å². The van der Waals surface area contributed by atoms with Gasteiger partial charge in [-0.3, -0.25) is 0 Å². The Hall–Kier alpha value is -3.35. The van der Waals surface area contributed by atoms with Crippen LogP contribution in [0.1, 0.15) is 16.7 Å². The molecule has 4 heteroatoms. The maximum atomic E-state index is 14.6. The summed E-state index contributed by atoms with van der Waals surface area (Å²) in [5, 5.41) is 3.83. The Kier molecular flexibility index (Phi) is 7.25. The van der Waals surface area contributed by atoms with Crippen LogP contribution in [0.2, 0.25) is 10.0 Å². The van der Waals surface area contributed by atoms with Gasteiger partial charge < -0.3 is 4.57 Å². The third kappa shape index (κ3) is 5.11. The zero-order valence-electron chi connectivity index (χ0n) is 19.4. The van der Waals surface area contributed by atoms with Crippen LogP contribution >= 0.6 is 30.3 Å². The molecular formula is C32H23Cl2OP. The van der Waals surface area contributed by atoms with Crippen LogP contribution in [-0.2, 0) is 4.57 Å². The van der Waals surface area contributed by atoms with Crippen molar-refractivity contribution in [1.82, 2.24) is 0 Å². The van der Waals surface area contributed by atoms with Crippen molar-refractivity contribution in [2.45, 2.75) is 0 Å². The summed E-state index contributed by atoms with van der Waals surface area (Å²) >= 11 is 12.3. The van der Waals surface area contributed by atoms with Crippen molar-refractivity contribution in [2.75, 3.05) is 0 Å². The van der Waals surface area contributed by atoms with E-state index in [1.54, 1.807) is 0 Å². The smallest absolute Gasteiger partial charge is 0.171 e. The van der Waals surface area contributed by atoms with Crippen molar-refractivity contribution in [3.63, 3.8) is 0 Å². The van der Waals surface area contributed by atoms with E-state index in [2.05, 4.69) is 6.08 Å². The zero-order chi connectivity index (χ0) is 25.0. The van der Waals surface area contributed by atoms with Crippen molar-refractivity contribution >= 4 is 57.9 Å². The molecule has 0 aromatic heterocycles. The fourth-order valence-corrected chi connectivity index (χ4v) is 7.16. The normalized spacial score (nSPS) is 11.2. The van der Waals surface area contributed by atoms with E-state index in [9.17, 15) is 4.57 Å². The lowest BCUT2D eigenvalue weighted by Gasteiger charge is -2.20. The van der Waals surface area contributed by atoms with Gasteiger partial charge in [-0.15, -0.1) is 0 Å². The lowest BCUT2D eigenvalue weighted by Crippen LogP contribution is -2.24. The molecule has 5 aromatic rings. The molecule has 176 valence electrons. The molecule has 36 heavy (non-hydrogen) atoms. The molecule has 0 saturated heterocycles. The quantitative estimate of drug-likeness (QED) is 0.161. The van der Waals surface area contributed by atoms with Gasteiger partial charge >= 0.3 is 0 Å². The molecule has 0 atom stereocenters. The molecule has 0 spiro atoms. The second-order valence-electron chi connectivity index (χ2n) is 8.44. The Balaban J connectivity index is 1.59. The first-order valence-electron chi connectivity index (χ1n) is 11.6. The molecule has 0 aliphatic heterocycles. The van der Waals surface area contributed by atoms with Crippen LogP contribution in [0.4, 0.5) is 0 Å². The topological polar surface area (TPSA) is 17.1 Å². The zero-order valence-corrected chi connectivity index (χ0v) is 21.8. The largest absolute Gasteiger partial charge is 0.309 e. The van der Waals surface area contributed by atoms with Gasteiger partial charge in [0.1, 0.15) is 0 Å². The first kappa shape index (κ1) is 24.3. The second-order valence-corrected chi connectivity index (χ2v) is 12.1. The van der Waals surface area contributed by atoms with Crippen LogP contribution in [0.5, 0.6) is 0 Å². The molecule has 0 heterocycles. The summed E-state index contributed by atoms with van der Waals surface area (Å²) in [6, 6.07) is 43.0. The molecule has 1 nitrogen and oxygen atoms in total. The van der Waals surface area contributed by atoms with Gasteiger partial charge in [-0.05, 0) is 52.6 Å². The van der Waals surface area contributed by atoms with Gasteiger partial charge in [-0.1, -0.05) is 132 Å². The minimum absolute atomic E-state index is 0.691. The number of benzene rings is 5. The van der Waals surface area contributed by atoms with E-state index in [-0.39, 0.29) is 0 Å².